The maximum absolute atomic E-state index is 5.41. The van der Waals surface area contributed by atoms with E-state index in [-0.39, 0.29) is 10.6 Å². The van der Waals surface area contributed by atoms with Gasteiger partial charge >= 0.3 is 0 Å². The minimum absolute atomic E-state index is 0. The Morgan fingerprint density at radius 1 is 1.22 bits per heavy atom. The molecule has 0 saturated heterocycles. The van der Waals surface area contributed by atoms with Crippen LogP contribution in [-0.4, -0.2) is 15.0 Å². The third-order valence-corrected chi connectivity index (χ3v) is 2.56. The zero-order valence-electron chi connectivity index (χ0n) is 4.08. The molecule has 0 aliphatic carbocycles. The third-order valence-electron chi connectivity index (χ3n) is 0.491. The lowest BCUT2D eigenvalue weighted by atomic mass is 10.5. The van der Waals surface area contributed by atoms with Crippen LogP contribution in [0.1, 0.15) is 0 Å². The van der Waals surface area contributed by atoms with E-state index < -0.39 is 9.17 Å². The predicted molar refractivity (Wildman–Crippen MR) is 43.2 cm³/mol. The molecule has 0 heterocycles. The zero-order valence-corrected chi connectivity index (χ0v) is 7.86. The van der Waals surface area contributed by atoms with Crippen LogP contribution >= 0.6 is 58.0 Å². The summed E-state index contributed by atoms with van der Waals surface area (Å²) in [5, 5.41) is -0.617. The summed E-state index contributed by atoms with van der Waals surface area (Å²) in [6.07, 6.45) is 0. The molecule has 0 N–H and O–H groups in total. The maximum Gasteiger partial charge on any atom is 0.207 e. The fraction of sp³-hybridized carbons (Fsp3) is 1.00. The molecule has 0 aliphatic rings. The SMILES string of the molecule is ClCC(Cl)C(Cl)(Cl)Cl.F. The van der Waals surface area contributed by atoms with Crippen LogP contribution in [-0.2, 0) is 0 Å². The summed E-state index contributed by atoms with van der Waals surface area (Å²) < 4.78 is -1.44. The van der Waals surface area contributed by atoms with Crippen molar-refractivity contribution in [2.75, 3.05) is 5.88 Å². The van der Waals surface area contributed by atoms with Crippen molar-refractivity contribution in [2.24, 2.45) is 0 Å². The minimum Gasteiger partial charge on any atom is -0.269 e. The van der Waals surface area contributed by atoms with E-state index in [0.717, 1.165) is 0 Å². The number of alkyl halides is 5. The van der Waals surface area contributed by atoms with Gasteiger partial charge in [0.15, 0.2) is 0 Å². The fourth-order valence-electron chi connectivity index (χ4n) is 0.0875. The van der Waals surface area contributed by atoms with E-state index in [1.165, 1.54) is 0 Å². The summed E-state index contributed by atoms with van der Waals surface area (Å²) in [6.45, 7) is 0. The summed E-state index contributed by atoms with van der Waals surface area (Å²) in [4.78, 5) is 0. The Kier molecular flexibility index (Phi) is 7.35. The van der Waals surface area contributed by atoms with Crippen molar-refractivity contribution >= 4 is 58.0 Å². The molecular formula is C3H4Cl5F. The smallest absolute Gasteiger partial charge is 0.207 e. The Labute approximate surface area is 77.7 Å². The van der Waals surface area contributed by atoms with Crippen molar-refractivity contribution in [2.45, 2.75) is 9.17 Å². The van der Waals surface area contributed by atoms with E-state index in [4.69, 9.17) is 58.0 Å². The summed E-state index contributed by atoms with van der Waals surface area (Å²) >= 11 is 26.6. The Balaban J connectivity index is 0. The molecule has 0 fully saturated rings. The molecule has 0 nitrogen and oxygen atoms in total. The molecule has 0 spiro atoms. The minimum atomic E-state index is -1.44. The average molecular weight is 236 g/mol. The molecule has 1 unspecified atom stereocenters. The standard InChI is InChI=1S/C3H3Cl5.FH/c4-1-2(5)3(6,7)8;/h2H,1H2;1H. The summed E-state index contributed by atoms with van der Waals surface area (Å²) in [5.74, 6) is 0.137. The van der Waals surface area contributed by atoms with Crippen molar-refractivity contribution in [1.82, 2.24) is 0 Å². The molecule has 0 aromatic rings. The highest BCUT2D eigenvalue weighted by molar-refractivity contribution is 6.70. The Morgan fingerprint density at radius 2 is 1.56 bits per heavy atom. The molecular weight excluding hydrogens is 232 g/mol. The van der Waals surface area contributed by atoms with E-state index in [9.17, 15) is 0 Å². The number of hydrogen-bond donors (Lipinski definition) is 0. The van der Waals surface area contributed by atoms with Crippen LogP contribution in [0.15, 0.2) is 0 Å². The first kappa shape index (κ1) is 13.0. The van der Waals surface area contributed by atoms with Gasteiger partial charge in [-0.3, -0.25) is 4.70 Å². The van der Waals surface area contributed by atoms with Crippen LogP contribution in [0.2, 0.25) is 0 Å². The molecule has 0 rings (SSSR count). The topological polar surface area (TPSA) is 0 Å². The monoisotopic (exact) mass is 234 g/mol. The van der Waals surface area contributed by atoms with Crippen LogP contribution in [0.3, 0.4) is 0 Å². The Hall–Kier alpha value is 1.38. The van der Waals surface area contributed by atoms with Crippen LogP contribution in [0, 0.1) is 0 Å². The normalized spacial score (nSPS) is 14.3. The van der Waals surface area contributed by atoms with Gasteiger partial charge < -0.3 is 0 Å². The van der Waals surface area contributed by atoms with Crippen molar-refractivity contribution in [1.29, 1.82) is 0 Å². The number of hydrogen-bond acceptors (Lipinski definition) is 0. The second-order valence-electron chi connectivity index (χ2n) is 1.16. The highest BCUT2D eigenvalue weighted by Crippen LogP contribution is 2.34. The molecule has 0 bridgehead atoms. The highest BCUT2D eigenvalue weighted by atomic mass is 35.6. The second kappa shape index (κ2) is 5.09. The van der Waals surface area contributed by atoms with E-state index >= 15 is 0 Å². The largest absolute Gasteiger partial charge is 0.269 e. The first-order chi connectivity index (χ1) is 3.48. The molecule has 0 radical (unpaired) electrons. The van der Waals surface area contributed by atoms with Gasteiger partial charge in [0, 0.05) is 5.88 Å². The van der Waals surface area contributed by atoms with Crippen LogP contribution < -0.4 is 0 Å². The summed E-state index contributed by atoms with van der Waals surface area (Å²) in [6, 6.07) is 0. The van der Waals surface area contributed by atoms with Crippen LogP contribution in [0.4, 0.5) is 4.70 Å². The molecule has 1 atom stereocenters. The third kappa shape index (κ3) is 5.81. The Bertz CT molecular complexity index is 69.1. The molecule has 0 aromatic heterocycles. The molecule has 0 aromatic carbocycles. The van der Waals surface area contributed by atoms with E-state index in [2.05, 4.69) is 0 Å². The van der Waals surface area contributed by atoms with Gasteiger partial charge in [-0.1, -0.05) is 34.8 Å². The molecule has 0 amide bonds. The van der Waals surface area contributed by atoms with Crippen molar-refractivity contribution in [3.8, 4) is 0 Å². The predicted octanol–water partition coefficient (Wildman–Crippen LogP) is 3.36. The van der Waals surface area contributed by atoms with Crippen LogP contribution in [0.5, 0.6) is 0 Å². The molecule has 6 heteroatoms. The average Bonchev–Trinajstić information content (AvgIpc) is 1.62. The van der Waals surface area contributed by atoms with Crippen LogP contribution in [0.25, 0.3) is 0 Å². The van der Waals surface area contributed by atoms with Gasteiger partial charge in [0.25, 0.3) is 0 Å². The van der Waals surface area contributed by atoms with Gasteiger partial charge in [0.2, 0.25) is 3.79 Å². The molecule has 58 valence electrons. The lowest BCUT2D eigenvalue weighted by molar-refractivity contribution is 0.993. The van der Waals surface area contributed by atoms with Crippen molar-refractivity contribution in [3.63, 3.8) is 0 Å². The molecule has 9 heavy (non-hydrogen) atoms. The lowest BCUT2D eigenvalue weighted by Crippen LogP contribution is -2.20. The quantitative estimate of drug-likeness (QED) is 0.612. The first-order valence-electron chi connectivity index (χ1n) is 1.75. The second-order valence-corrected chi connectivity index (χ2v) is 4.37. The van der Waals surface area contributed by atoms with Gasteiger partial charge in [0.05, 0.1) is 5.38 Å². The van der Waals surface area contributed by atoms with Crippen molar-refractivity contribution < 1.29 is 4.70 Å². The van der Waals surface area contributed by atoms with E-state index in [0.29, 0.717) is 0 Å². The van der Waals surface area contributed by atoms with E-state index in [1.807, 2.05) is 0 Å². The van der Waals surface area contributed by atoms with Gasteiger partial charge in [-0.05, 0) is 0 Å². The maximum atomic E-state index is 5.41. The molecule has 0 aliphatic heterocycles. The lowest BCUT2D eigenvalue weighted by Gasteiger charge is -2.13. The van der Waals surface area contributed by atoms with Gasteiger partial charge in [0.1, 0.15) is 0 Å². The Morgan fingerprint density at radius 3 is 1.56 bits per heavy atom. The number of rotatable bonds is 1. The summed E-state index contributed by atoms with van der Waals surface area (Å²) in [5.41, 5.74) is 0. The summed E-state index contributed by atoms with van der Waals surface area (Å²) in [7, 11) is 0. The van der Waals surface area contributed by atoms with Gasteiger partial charge in [-0.2, -0.15) is 0 Å². The zero-order chi connectivity index (χ0) is 6.78. The fourth-order valence-corrected chi connectivity index (χ4v) is 0.787. The van der Waals surface area contributed by atoms with Gasteiger partial charge in [-0.25, -0.2) is 0 Å². The molecule has 0 saturated carbocycles. The van der Waals surface area contributed by atoms with Gasteiger partial charge in [-0.15, -0.1) is 23.2 Å². The van der Waals surface area contributed by atoms with Crippen molar-refractivity contribution in [3.05, 3.63) is 0 Å². The van der Waals surface area contributed by atoms with E-state index in [1.54, 1.807) is 0 Å². The highest BCUT2D eigenvalue weighted by Gasteiger charge is 2.29. The number of halogens is 6. The first-order valence-corrected chi connectivity index (χ1v) is 3.85.